The zero-order chi connectivity index (χ0) is 19.6. The molecule has 2 aliphatic rings. The van der Waals surface area contributed by atoms with Crippen LogP contribution >= 0.6 is 11.6 Å². The molecule has 2 saturated heterocycles. The van der Waals surface area contributed by atoms with Crippen molar-refractivity contribution in [2.45, 2.75) is 36.6 Å². The van der Waals surface area contributed by atoms with E-state index in [0.29, 0.717) is 12.1 Å². The van der Waals surface area contributed by atoms with Crippen LogP contribution in [0.3, 0.4) is 0 Å². The van der Waals surface area contributed by atoms with E-state index in [0.717, 1.165) is 36.9 Å². The molecule has 150 valence electrons. The SMILES string of the molecule is CON(C)S(=O)(=O)c1cc(C(=O)N2CCCC2CN2CCCC2)ccc1Cl. The molecule has 0 saturated carbocycles. The summed E-state index contributed by atoms with van der Waals surface area (Å²) in [5.74, 6) is -0.148. The Bertz CT molecular complexity index is 796. The normalized spacial score (nSPS) is 21.3. The van der Waals surface area contributed by atoms with E-state index in [4.69, 9.17) is 16.4 Å². The van der Waals surface area contributed by atoms with Gasteiger partial charge in [-0.05, 0) is 57.0 Å². The van der Waals surface area contributed by atoms with Gasteiger partial charge in [0.05, 0.1) is 12.1 Å². The van der Waals surface area contributed by atoms with Gasteiger partial charge in [0.1, 0.15) is 4.90 Å². The number of halogens is 1. The summed E-state index contributed by atoms with van der Waals surface area (Å²) in [6.45, 7) is 3.76. The Balaban J connectivity index is 1.83. The van der Waals surface area contributed by atoms with E-state index in [1.807, 2.05) is 4.90 Å². The maximum atomic E-state index is 13.1. The van der Waals surface area contributed by atoms with Crippen molar-refractivity contribution in [1.82, 2.24) is 14.3 Å². The molecule has 1 aromatic rings. The number of likely N-dealkylation sites (tertiary alicyclic amines) is 2. The third-order valence-electron chi connectivity index (χ3n) is 5.36. The fourth-order valence-corrected chi connectivity index (χ4v) is 5.27. The van der Waals surface area contributed by atoms with Crippen LogP contribution in [0.25, 0.3) is 0 Å². The molecular formula is C18H26ClN3O4S. The van der Waals surface area contributed by atoms with Crippen LogP contribution in [-0.2, 0) is 14.9 Å². The Hall–Kier alpha value is -1.19. The molecule has 1 amide bonds. The number of nitrogens with zero attached hydrogens (tertiary/aromatic N) is 3. The molecule has 0 bridgehead atoms. The third-order valence-corrected chi connectivity index (χ3v) is 7.52. The molecule has 7 nitrogen and oxygen atoms in total. The molecule has 1 aromatic carbocycles. The summed E-state index contributed by atoms with van der Waals surface area (Å²) in [5, 5.41) is 0.0606. The molecular weight excluding hydrogens is 390 g/mol. The lowest BCUT2D eigenvalue weighted by atomic mass is 10.1. The van der Waals surface area contributed by atoms with Crippen LogP contribution in [0.2, 0.25) is 5.02 Å². The molecule has 1 atom stereocenters. The van der Waals surface area contributed by atoms with Crippen LogP contribution in [0.15, 0.2) is 23.1 Å². The minimum absolute atomic E-state index is 0.0606. The van der Waals surface area contributed by atoms with Crippen LogP contribution < -0.4 is 0 Å². The number of hydrogen-bond acceptors (Lipinski definition) is 5. The van der Waals surface area contributed by atoms with Crippen molar-refractivity contribution >= 4 is 27.5 Å². The maximum absolute atomic E-state index is 13.1. The fraction of sp³-hybridized carbons (Fsp3) is 0.611. The topological polar surface area (TPSA) is 70.2 Å². The van der Waals surface area contributed by atoms with Crippen molar-refractivity contribution in [1.29, 1.82) is 0 Å². The zero-order valence-corrected chi connectivity index (χ0v) is 17.3. The minimum Gasteiger partial charge on any atom is -0.334 e. The van der Waals surface area contributed by atoms with Gasteiger partial charge in [0.25, 0.3) is 15.9 Å². The molecule has 0 spiro atoms. The summed E-state index contributed by atoms with van der Waals surface area (Å²) < 4.78 is 25.8. The monoisotopic (exact) mass is 415 g/mol. The van der Waals surface area contributed by atoms with Crippen LogP contribution in [0, 0.1) is 0 Å². The number of carbonyl (C=O) groups is 1. The van der Waals surface area contributed by atoms with Crippen molar-refractivity contribution in [3.05, 3.63) is 28.8 Å². The maximum Gasteiger partial charge on any atom is 0.266 e. The lowest BCUT2D eigenvalue weighted by molar-refractivity contribution is -0.0258. The minimum atomic E-state index is -3.93. The third kappa shape index (κ3) is 4.30. The highest BCUT2D eigenvalue weighted by Crippen LogP contribution is 2.28. The molecule has 27 heavy (non-hydrogen) atoms. The lowest BCUT2D eigenvalue weighted by Crippen LogP contribution is -2.42. The van der Waals surface area contributed by atoms with Crippen LogP contribution in [-0.4, -0.2) is 75.0 Å². The Morgan fingerprint density at radius 2 is 1.96 bits per heavy atom. The summed E-state index contributed by atoms with van der Waals surface area (Å²) >= 11 is 6.10. The van der Waals surface area contributed by atoms with Gasteiger partial charge in [-0.2, -0.15) is 0 Å². The van der Waals surface area contributed by atoms with Crippen LogP contribution in [0.1, 0.15) is 36.0 Å². The highest BCUT2D eigenvalue weighted by molar-refractivity contribution is 7.89. The van der Waals surface area contributed by atoms with Gasteiger partial charge in [0, 0.05) is 31.7 Å². The molecule has 0 aromatic heterocycles. The van der Waals surface area contributed by atoms with E-state index in [2.05, 4.69) is 4.90 Å². The number of carbonyl (C=O) groups excluding carboxylic acids is 1. The summed E-state index contributed by atoms with van der Waals surface area (Å²) in [7, 11) is -1.39. The van der Waals surface area contributed by atoms with E-state index in [1.54, 1.807) is 6.07 Å². The Morgan fingerprint density at radius 3 is 2.63 bits per heavy atom. The van der Waals surface area contributed by atoms with E-state index in [1.165, 1.54) is 39.1 Å². The lowest BCUT2D eigenvalue weighted by Gasteiger charge is -2.28. The standard InChI is InChI=1S/C18H26ClN3O4S/c1-20(26-2)27(24,25)17-12-14(7-8-16(17)19)18(23)22-11-5-6-15(22)13-21-9-3-4-10-21/h7-8,12,15H,3-6,9-11,13H2,1-2H3. The highest BCUT2D eigenvalue weighted by atomic mass is 35.5. The van der Waals surface area contributed by atoms with Crippen LogP contribution in [0.5, 0.6) is 0 Å². The first kappa shape index (κ1) is 20.5. The first-order valence-corrected chi connectivity index (χ1v) is 11.0. The van der Waals surface area contributed by atoms with E-state index < -0.39 is 10.0 Å². The molecule has 2 heterocycles. The highest BCUT2D eigenvalue weighted by Gasteiger charge is 2.32. The number of rotatable bonds is 6. The zero-order valence-electron chi connectivity index (χ0n) is 15.7. The summed E-state index contributed by atoms with van der Waals surface area (Å²) in [4.78, 5) is 22.0. The smallest absolute Gasteiger partial charge is 0.266 e. The van der Waals surface area contributed by atoms with Gasteiger partial charge in [-0.1, -0.05) is 16.1 Å². The molecule has 9 heteroatoms. The quantitative estimate of drug-likeness (QED) is 0.666. The summed E-state index contributed by atoms with van der Waals surface area (Å²) in [5.41, 5.74) is 0.329. The number of sulfonamides is 1. The number of amides is 1. The Labute approximate surface area is 165 Å². The van der Waals surface area contributed by atoms with Crippen molar-refractivity contribution in [3.8, 4) is 0 Å². The van der Waals surface area contributed by atoms with Gasteiger partial charge in [-0.3, -0.25) is 9.63 Å². The predicted molar refractivity (Wildman–Crippen MR) is 103 cm³/mol. The van der Waals surface area contributed by atoms with Crippen LogP contribution in [0.4, 0.5) is 0 Å². The average molecular weight is 416 g/mol. The van der Waals surface area contributed by atoms with Gasteiger partial charge in [-0.15, -0.1) is 0 Å². The number of hydroxylamine groups is 1. The summed E-state index contributed by atoms with van der Waals surface area (Å²) in [6, 6.07) is 4.56. The fourth-order valence-electron chi connectivity index (χ4n) is 3.79. The van der Waals surface area contributed by atoms with E-state index in [-0.39, 0.29) is 21.9 Å². The molecule has 0 radical (unpaired) electrons. The predicted octanol–water partition coefficient (Wildman–Crippen LogP) is 2.22. The molecule has 2 aliphatic heterocycles. The average Bonchev–Trinajstić information content (AvgIpc) is 3.33. The number of benzene rings is 1. The van der Waals surface area contributed by atoms with E-state index >= 15 is 0 Å². The second kappa shape index (κ2) is 8.45. The molecule has 0 aliphatic carbocycles. The van der Waals surface area contributed by atoms with Crippen molar-refractivity contribution in [2.24, 2.45) is 0 Å². The van der Waals surface area contributed by atoms with Crippen molar-refractivity contribution in [3.63, 3.8) is 0 Å². The van der Waals surface area contributed by atoms with Gasteiger partial charge < -0.3 is 9.80 Å². The van der Waals surface area contributed by atoms with Gasteiger partial charge in [-0.25, -0.2) is 8.42 Å². The number of hydrogen-bond donors (Lipinski definition) is 0. The Kier molecular flexibility index (Phi) is 6.43. The van der Waals surface area contributed by atoms with Crippen molar-refractivity contribution in [2.75, 3.05) is 40.3 Å². The van der Waals surface area contributed by atoms with Crippen molar-refractivity contribution < 1.29 is 18.0 Å². The first-order chi connectivity index (χ1) is 12.8. The van der Waals surface area contributed by atoms with E-state index in [9.17, 15) is 13.2 Å². The first-order valence-electron chi connectivity index (χ1n) is 9.20. The van der Waals surface area contributed by atoms with Gasteiger partial charge >= 0.3 is 0 Å². The Morgan fingerprint density at radius 1 is 1.26 bits per heavy atom. The molecule has 3 rings (SSSR count). The molecule has 0 N–H and O–H groups in total. The summed E-state index contributed by atoms with van der Waals surface area (Å²) in [6.07, 6.45) is 4.38. The largest absolute Gasteiger partial charge is 0.334 e. The van der Waals surface area contributed by atoms with Gasteiger partial charge in [0.15, 0.2) is 0 Å². The molecule has 1 unspecified atom stereocenters. The van der Waals surface area contributed by atoms with Gasteiger partial charge in [0.2, 0.25) is 0 Å². The second-order valence-electron chi connectivity index (χ2n) is 7.04. The molecule has 2 fully saturated rings. The second-order valence-corrected chi connectivity index (χ2v) is 9.36.